The third-order valence-electron chi connectivity index (χ3n) is 3.58. The number of anilines is 1. The van der Waals surface area contributed by atoms with Crippen molar-refractivity contribution >= 4 is 28.2 Å². The van der Waals surface area contributed by atoms with Crippen LogP contribution in [0.2, 0.25) is 0 Å². The third-order valence-corrected chi connectivity index (χ3v) is 4.41. The second kappa shape index (κ2) is 6.34. The summed E-state index contributed by atoms with van der Waals surface area (Å²) in [5, 5.41) is 5.01. The third kappa shape index (κ3) is 3.56. The Kier molecular flexibility index (Phi) is 4.74. The molecule has 2 rings (SSSR count). The Balaban J connectivity index is 1.92. The number of amides is 2. The highest BCUT2D eigenvalue weighted by molar-refractivity contribution is 7.14. The van der Waals surface area contributed by atoms with Crippen LogP contribution in [0.15, 0.2) is 11.4 Å². The summed E-state index contributed by atoms with van der Waals surface area (Å²) in [6, 6.07) is 2.14. The van der Waals surface area contributed by atoms with Gasteiger partial charge in [0, 0.05) is 18.6 Å². The lowest BCUT2D eigenvalue weighted by molar-refractivity contribution is -0.118. The number of piperidine rings is 1. The predicted octanol–water partition coefficient (Wildman–Crippen LogP) is 0.597. The molecule has 20 heavy (non-hydrogen) atoms. The molecule has 2 unspecified atom stereocenters. The lowest BCUT2D eigenvalue weighted by Crippen LogP contribution is -2.48. The topological polar surface area (TPSA) is 101 Å². The van der Waals surface area contributed by atoms with Gasteiger partial charge in [-0.05, 0) is 31.2 Å². The van der Waals surface area contributed by atoms with Gasteiger partial charge in [-0.3, -0.25) is 14.5 Å². The molecule has 5 N–H and O–H groups in total. The number of thiophene rings is 1. The van der Waals surface area contributed by atoms with Gasteiger partial charge in [-0.2, -0.15) is 0 Å². The summed E-state index contributed by atoms with van der Waals surface area (Å²) in [7, 11) is 0. The molecule has 1 aliphatic heterocycles. The van der Waals surface area contributed by atoms with Crippen LogP contribution in [0.1, 0.15) is 30.1 Å². The van der Waals surface area contributed by atoms with Crippen LogP contribution in [-0.2, 0) is 4.79 Å². The van der Waals surface area contributed by atoms with Crippen molar-refractivity contribution in [3.8, 4) is 0 Å². The van der Waals surface area contributed by atoms with Gasteiger partial charge in [-0.15, -0.1) is 11.3 Å². The van der Waals surface area contributed by atoms with Crippen LogP contribution in [0.25, 0.3) is 0 Å². The lowest BCUT2D eigenvalue weighted by atomic mass is 9.99. The van der Waals surface area contributed by atoms with Crippen molar-refractivity contribution in [2.24, 2.45) is 11.5 Å². The molecule has 2 atom stereocenters. The zero-order chi connectivity index (χ0) is 14.7. The Morgan fingerprint density at radius 3 is 2.95 bits per heavy atom. The minimum Gasteiger partial charge on any atom is -0.366 e. The van der Waals surface area contributed by atoms with E-state index in [-0.39, 0.29) is 11.9 Å². The van der Waals surface area contributed by atoms with Gasteiger partial charge >= 0.3 is 0 Å². The molecule has 1 saturated heterocycles. The van der Waals surface area contributed by atoms with E-state index in [1.807, 2.05) is 0 Å². The lowest BCUT2D eigenvalue weighted by Gasteiger charge is -2.35. The molecule has 6 nitrogen and oxygen atoms in total. The van der Waals surface area contributed by atoms with Gasteiger partial charge in [0.05, 0.1) is 12.1 Å². The standard InChI is InChI=1S/C13H20N4O2S/c1-8-6-9(14)2-4-17(8)7-11(18)16-13-10(12(15)19)3-5-20-13/h3,5,8-9H,2,4,6-7,14H2,1H3,(H2,15,19)(H,16,18). The first-order chi connectivity index (χ1) is 9.47. The van der Waals surface area contributed by atoms with Gasteiger partial charge in [-0.25, -0.2) is 0 Å². The van der Waals surface area contributed by atoms with Crippen molar-refractivity contribution in [3.63, 3.8) is 0 Å². The molecule has 0 aromatic carbocycles. The number of nitrogens with one attached hydrogen (secondary N) is 1. The molecule has 2 amide bonds. The fourth-order valence-electron chi connectivity index (χ4n) is 2.44. The van der Waals surface area contributed by atoms with Crippen LogP contribution in [0.5, 0.6) is 0 Å². The molecule has 0 aliphatic carbocycles. The first kappa shape index (κ1) is 15.0. The highest BCUT2D eigenvalue weighted by Gasteiger charge is 2.25. The minimum absolute atomic E-state index is 0.128. The van der Waals surface area contributed by atoms with Crippen LogP contribution < -0.4 is 16.8 Å². The van der Waals surface area contributed by atoms with Crippen molar-refractivity contribution in [2.75, 3.05) is 18.4 Å². The maximum atomic E-state index is 12.1. The van der Waals surface area contributed by atoms with Crippen molar-refractivity contribution in [1.82, 2.24) is 4.90 Å². The van der Waals surface area contributed by atoms with Crippen molar-refractivity contribution in [1.29, 1.82) is 0 Å². The van der Waals surface area contributed by atoms with E-state index in [0.29, 0.717) is 23.2 Å². The van der Waals surface area contributed by atoms with Crippen molar-refractivity contribution in [3.05, 3.63) is 17.0 Å². The smallest absolute Gasteiger partial charge is 0.251 e. The Hall–Kier alpha value is -1.44. The maximum absolute atomic E-state index is 12.1. The molecule has 0 bridgehead atoms. The number of rotatable bonds is 4. The maximum Gasteiger partial charge on any atom is 0.251 e. The van der Waals surface area contributed by atoms with Gasteiger partial charge in [0.1, 0.15) is 5.00 Å². The largest absolute Gasteiger partial charge is 0.366 e. The van der Waals surface area contributed by atoms with Crippen molar-refractivity contribution in [2.45, 2.75) is 31.8 Å². The zero-order valence-corrected chi connectivity index (χ0v) is 12.3. The molecule has 1 fully saturated rings. The molecule has 1 aromatic rings. The van der Waals surface area contributed by atoms with E-state index in [1.165, 1.54) is 11.3 Å². The van der Waals surface area contributed by atoms with Gasteiger partial charge in [0.25, 0.3) is 5.91 Å². The normalized spacial score (nSPS) is 23.5. The number of nitrogens with zero attached hydrogens (tertiary/aromatic N) is 1. The molecule has 1 aromatic heterocycles. The molecule has 1 aliphatic rings. The predicted molar refractivity (Wildman–Crippen MR) is 79.7 cm³/mol. The molecular weight excluding hydrogens is 276 g/mol. The fourth-order valence-corrected chi connectivity index (χ4v) is 3.25. The fraction of sp³-hybridized carbons (Fsp3) is 0.538. The van der Waals surface area contributed by atoms with Gasteiger partial charge < -0.3 is 16.8 Å². The highest BCUT2D eigenvalue weighted by Crippen LogP contribution is 2.23. The summed E-state index contributed by atoms with van der Waals surface area (Å²) in [6.45, 7) is 3.21. The molecular formula is C13H20N4O2S. The SMILES string of the molecule is CC1CC(N)CCN1CC(=O)Nc1sccc1C(N)=O. The van der Waals surface area contributed by atoms with Crippen LogP contribution in [0.3, 0.4) is 0 Å². The van der Waals surface area contributed by atoms with Crippen LogP contribution in [-0.4, -0.2) is 41.9 Å². The summed E-state index contributed by atoms with van der Waals surface area (Å²) in [6.07, 6.45) is 1.81. The molecule has 7 heteroatoms. The summed E-state index contributed by atoms with van der Waals surface area (Å²) in [5.74, 6) is -0.656. The number of nitrogens with two attached hydrogens (primary N) is 2. The van der Waals surface area contributed by atoms with E-state index in [2.05, 4.69) is 17.1 Å². The van der Waals surface area contributed by atoms with E-state index < -0.39 is 5.91 Å². The van der Waals surface area contributed by atoms with E-state index in [4.69, 9.17) is 11.5 Å². The van der Waals surface area contributed by atoms with E-state index in [9.17, 15) is 9.59 Å². The number of primary amides is 1. The van der Waals surface area contributed by atoms with Crippen LogP contribution in [0, 0.1) is 0 Å². The van der Waals surface area contributed by atoms with E-state index in [0.717, 1.165) is 19.4 Å². The summed E-state index contributed by atoms with van der Waals surface area (Å²) in [5.41, 5.74) is 11.5. The zero-order valence-electron chi connectivity index (χ0n) is 11.5. The molecule has 0 radical (unpaired) electrons. The Bertz CT molecular complexity index is 502. The summed E-state index contributed by atoms with van der Waals surface area (Å²) >= 11 is 1.30. The number of likely N-dealkylation sites (tertiary alicyclic amines) is 1. The minimum atomic E-state index is -0.529. The second-order valence-electron chi connectivity index (χ2n) is 5.18. The Morgan fingerprint density at radius 2 is 2.30 bits per heavy atom. The first-order valence-corrected chi connectivity index (χ1v) is 7.52. The number of carbonyl (C=O) groups excluding carboxylic acids is 2. The van der Waals surface area contributed by atoms with Crippen molar-refractivity contribution < 1.29 is 9.59 Å². The number of hydrogen-bond donors (Lipinski definition) is 3. The molecule has 0 spiro atoms. The van der Waals surface area contributed by atoms with Crippen LogP contribution >= 0.6 is 11.3 Å². The monoisotopic (exact) mass is 296 g/mol. The van der Waals surface area contributed by atoms with Gasteiger partial charge in [-0.1, -0.05) is 0 Å². The molecule has 110 valence electrons. The average Bonchev–Trinajstić information content (AvgIpc) is 2.81. The highest BCUT2D eigenvalue weighted by atomic mass is 32.1. The summed E-state index contributed by atoms with van der Waals surface area (Å²) < 4.78 is 0. The second-order valence-corrected chi connectivity index (χ2v) is 6.10. The van der Waals surface area contributed by atoms with Gasteiger partial charge in [0.15, 0.2) is 0 Å². The Labute approximate surface area is 122 Å². The number of carbonyl (C=O) groups is 2. The average molecular weight is 296 g/mol. The quantitative estimate of drug-likeness (QED) is 0.757. The number of hydrogen-bond acceptors (Lipinski definition) is 5. The molecule has 0 saturated carbocycles. The van der Waals surface area contributed by atoms with E-state index in [1.54, 1.807) is 11.4 Å². The summed E-state index contributed by atoms with van der Waals surface area (Å²) in [4.78, 5) is 25.4. The molecule has 2 heterocycles. The van der Waals surface area contributed by atoms with Crippen LogP contribution in [0.4, 0.5) is 5.00 Å². The van der Waals surface area contributed by atoms with E-state index >= 15 is 0 Å². The Morgan fingerprint density at radius 1 is 1.55 bits per heavy atom. The van der Waals surface area contributed by atoms with Gasteiger partial charge in [0.2, 0.25) is 5.91 Å². The first-order valence-electron chi connectivity index (χ1n) is 6.64.